The Balaban J connectivity index is 1.94. The quantitative estimate of drug-likeness (QED) is 0.881. The van der Waals surface area contributed by atoms with Gasteiger partial charge in [-0.25, -0.2) is 0 Å². The topological polar surface area (TPSA) is 49.8 Å². The molecule has 2 aromatic carbocycles. The van der Waals surface area contributed by atoms with Gasteiger partial charge in [0.05, 0.1) is 7.11 Å². The van der Waals surface area contributed by atoms with Crippen molar-refractivity contribution in [2.45, 2.75) is 25.4 Å². The fourth-order valence-corrected chi connectivity index (χ4v) is 3.11. The minimum atomic E-state index is -0.201. The van der Waals surface area contributed by atoms with E-state index in [1.54, 1.807) is 6.07 Å². The van der Waals surface area contributed by atoms with Gasteiger partial charge < -0.3 is 9.84 Å². The van der Waals surface area contributed by atoms with Gasteiger partial charge in [-0.3, -0.25) is 9.69 Å². The Labute approximate surface area is 123 Å². The molecular weight excluding hydrogens is 266 g/mol. The van der Waals surface area contributed by atoms with E-state index in [0.717, 1.165) is 35.7 Å². The molecule has 1 fully saturated rings. The highest BCUT2D eigenvalue weighted by Gasteiger charge is 2.32. The first kappa shape index (κ1) is 13.9. The molecule has 1 aliphatic rings. The number of phenols is 1. The molecule has 0 saturated carbocycles. The summed E-state index contributed by atoms with van der Waals surface area (Å²) >= 11 is 0. The zero-order valence-corrected chi connectivity index (χ0v) is 12.1. The molecule has 1 heterocycles. The van der Waals surface area contributed by atoms with Crippen molar-refractivity contribution in [1.29, 1.82) is 0 Å². The number of benzene rings is 2. The third-order valence-corrected chi connectivity index (χ3v) is 4.21. The van der Waals surface area contributed by atoms with Crippen molar-refractivity contribution in [1.82, 2.24) is 4.90 Å². The number of rotatable bonds is 3. The molecule has 1 N–H and O–H groups in total. The van der Waals surface area contributed by atoms with Gasteiger partial charge in [-0.2, -0.15) is 0 Å². The van der Waals surface area contributed by atoms with Crippen LogP contribution in [0.5, 0.6) is 5.75 Å². The maximum absolute atomic E-state index is 11.8. The number of aromatic hydroxyl groups is 1. The molecule has 110 valence electrons. The van der Waals surface area contributed by atoms with Crippen molar-refractivity contribution >= 4 is 16.7 Å². The monoisotopic (exact) mass is 285 g/mol. The second-order valence-corrected chi connectivity index (χ2v) is 5.44. The van der Waals surface area contributed by atoms with Gasteiger partial charge in [0.2, 0.25) is 0 Å². The number of phenolic OH excluding ortho intramolecular Hbond substituents is 1. The molecule has 1 aliphatic heterocycles. The van der Waals surface area contributed by atoms with E-state index in [1.807, 2.05) is 30.3 Å². The molecule has 0 aliphatic carbocycles. The smallest absolute Gasteiger partial charge is 0.323 e. The van der Waals surface area contributed by atoms with E-state index in [4.69, 9.17) is 4.74 Å². The molecule has 3 rings (SSSR count). The number of nitrogens with zero attached hydrogens (tertiary/aromatic N) is 1. The molecule has 1 saturated heterocycles. The highest BCUT2D eigenvalue weighted by Crippen LogP contribution is 2.30. The Morgan fingerprint density at radius 3 is 2.95 bits per heavy atom. The lowest BCUT2D eigenvalue weighted by molar-refractivity contribution is -0.146. The summed E-state index contributed by atoms with van der Waals surface area (Å²) in [4.78, 5) is 13.9. The summed E-state index contributed by atoms with van der Waals surface area (Å²) in [5.41, 5.74) is 0.879. The maximum Gasteiger partial charge on any atom is 0.323 e. The van der Waals surface area contributed by atoms with Crippen LogP contribution < -0.4 is 0 Å². The van der Waals surface area contributed by atoms with E-state index in [0.29, 0.717) is 6.54 Å². The van der Waals surface area contributed by atoms with Crippen LogP contribution in [0.4, 0.5) is 0 Å². The van der Waals surface area contributed by atoms with E-state index in [-0.39, 0.29) is 17.8 Å². The zero-order chi connectivity index (χ0) is 14.8. The summed E-state index contributed by atoms with van der Waals surface area (Å²) < 4.78 is 4.88. The second kappa shape index (κ2) is 5.74. The standard InChI is InChI=1S/C17H19NO3/c1-21-17(20)15-7-4-10-18(15)11-14-13-6-3-2-5-12(13)8-9-16(14)19/h2-3,5-6,8-9,15,19H,4,7,10-11H2,1H3/t15-/m1/s1. The van der Waals surface area contributed by atoms with E-state index >= 15 is 0 Å². The van der Waals surface area contributed by atoms with Crippen LogP contribution in [0.15, 0.2) is 36.4 Å². The molecule has 4 heteroatoms. The molecule has 0 aromatic heterocycles. The van der Waals surface area contributed by atoms with Crippen LogP contribution in [0.2, 0.25) is 0 Å². The van der Waals surface area contributed by atoms with Crippen molar-refractivity contribution in [2.24, 2.45) is 0 Å². The third-order valence-electron chi connectivity index (χ3n) is 4.21. The first-order valence-corrected chi connectivity index (χ1v) is 7.22. The van der Waals surface area contributed by atoms with Crippen LogP contribution in [0.25, 0.3) is 10.8 Å². The van der Waals surface area contributed by atoms with Crippen molar-refractivity contribution in [3.8, 4) is 5.75 Å². The number of hydrogen-bond acceptors (Lipinski definition) is 4. The Bertz CT molecular complexity index is 668. The van der Waals surface area contributed by atoms with Crippen molar-refractivity contribution < 1.29 is 14.6 Å². The third kappa shape index (κ3) is 2.59. The van der Waals surface area contributed by atoms with Crippen molar-refractivity contribution in [3.63, 3.8) is 0 Å². The zero-order valence-electron chi connectivity index (χ0n) is 12.1. The fraction of sp³-hybridized carbons (Fsp3) is 0.353. The van der Waals surface area contributed by atoms with E-state index < -0.39 is 0 Å². The van der Waals surface area contributed by atoms with Crippen LogP contribution in [0.1, 0.15) is 18.4 Å². The van der Waals surface area contributed by atoms with Gasteiger partial charge in [-0.05, 0) is 36.2 Å². The molecule has 0 bridgehead atoms. The predicted octanol–water partition coefficient (Wildman–Crippen LogP) is 2.68. The molecule has 0 amide bonds. The largest absolute Gasteiger partial charge is 0.508 e. The summed E-state index contributed by atoms with van der Waals surface area (Å²) in [6, 6.07) is 11.4. The molecule has 0 radical (unpaired) electrons. The molecular formula is C17H19NO3. The average molecular weight is 285 g/mol. The lowest BCUT2D eigenvalue weighted by atomic mass is 10.0. The molecule has 21 heavy (non-hydrogen) atoms. The van der Waals surface area contributed by atoms with Crippen molar-refractivity contribution in [2.75, 3.05) is 13.7 Å². The Morgan fingerprint density at radius 1 is 1.33 bits per heavy atom. The predicted molar refractivity (Wildman–Crippen MR) is 81.1 cm³/mol. The summed E-state index contributed by atoms with van der Waals surface area (Å²) in [7, 11) is 1.42. The summed E-state index contributed by atoms with van der Waals surface area (Å²) in [6.45, 7) is 1.41. The number of esters is 1. The van der Waals surface area contributed by atoms with Crippen LogP contribution in [-0.4, -0.2) is 35.7 Å². The minimum Gasteiger partial charge on any atom is -0.508 e. The lowest BCUT2D eigenvalue weighted by Gasteiger charge is -2.23. The number of likely N-dealkylation sites (tertiary alicyclic amines) is 1. The molecule has 1 atom stereocenters. The highest BCUT2D eigenvalue weighted by molar-refractivity contribution is 5.87. The number of carbonyl (C=O) groups excluding carboxylic acids is 1. The van der Waals surface area contributed by atoms with E-state index in [1.165, 1.54) is 7.11 Å². The Hall–Kier alpha value is -2.07. The molecule has 0 unspecified atom stereocenters. The normalized spacial score (nSPS) is 19.0. The number of fused-ring (bicyclic) bond motifs is 1. The van der Waals surface area contributed by atoms with Crippen LogP contribution >= 0.6 is 0 Å². The minimum absolute atomic E-state index is 0.188. The van der Waals surface area contributed by atoms with E-state index in [2.05, 4.69) is 4.90 Å². The van der Waals surface area contributed by atoms with Gasteiger partial charge in [-0.1, -0.05) is 30.3 Å². The lowest BCUT2D eigenvalue weighted by Crippen LogP contribution is -2.36. The van der Waals surface area contributed by atoms with Gasteiger partial charge in [0.15, 0.2) is 0 Å². The first-order chi connectivity index (χ1) is 10.2. The van der Waals surface area contributed by atoms with E-state index in [9.17, 15) is 9.90 Å². The van der Waals surface area contributed by atoms with Gasteiger partial charge in [0.1, 0.15) is 11.8 Å². The van der Waals surface area contributed by atoms with Gasteiger partial charge in [0, 0.05) is 12.1 Å². The van der Waals surface area contributed by atoms with Crippen LogP contribution in [0.3, 0.4) is 0 Å². The van der Waals surface area contributed by atoms with Crippen molar-refractivity contribution in [3.05, 3.63) is 42.0 Å². The summed E-state index contributed by atoms with van der Waals surface area (Å²) in [6.07, 6.45) is 1.80. The number of carbonyl (C=O) groups is 1. The molecule has 4 nitrogen and oxygen atoms in total. The first-order valence-electron chi connectivity index (χ1n) is 7.22. The number of ether oxygens (including phenoxy) is 1. The molecule has 2 aromatic rings. The number of methoxy groups -OCH3 is 1. The fourth-order valence-electron chi connectivity index (χ4n) is 3.11. The van der Waals surface area contributed by atoms with Gasteiger partial charge in [0.25, 0.3) is 0 Å². The van der Waals surface area contributed by atoms with Gasteiger partial charge >= 0.3 is 5.97 Å². The van der Waals surface area contributed by atoms with Crippen LogP contribution in [-0.2, 0) is 16.1 Å². The Kier molecular flexibility index (Phi) is 3.80. The molecule has 0 spiro atoms. The highest BCUT2D eigenvalue weighted by atomic mass is 16.5. The maximum atomic E-state index is 11.8. The van der Waals surface area contributed by atoms with Crippen LogP contribution in [0, 0.1) is 0 Å². The summed E-state index contributed by atoms with van der Waals surface area (Å²) in [5.74, 6) is 0.0939. The SMILES string of the molecule is COC(=O)[C@H]1CCCN1Cc1c(O)ccc2ccccc12. The number of hydrogen-bond donors (Lipinski definition) is 1. The second-order valence-electron chi connectivity index (χ2n) is 5.44. The Morgan fingerprint density at radius 2 is 2.14 bits per heavy atom. The average Bonchev–Trinajstić information content (AvgIpc) is 2.97. The summed E-state index contributed by atoms with van der Waals surface area (Å²) in [5, 5.41) is 12.3. The van der Waals surface area contributed by atoms with Gasteiger partial charge in [-0.15, -0.1) is 0 Å².